The average molecular weight is 531 g/mol. The van der Waals surface area contributed by atoms with Crippen LogP contribution in [0.25, 0.3) is 0 Å². The largest absolute Gasteiger partial charge is 0.442 e. The Morgan fingerprint density at radius 3 is 1.48 bits per heavy atom. The molecule has 2 aromatic heterocycles. The molecule has 0 amide bonds. The molecule has 2 heterocycles. The summed E-state index contributed by atoms with van der Waals surface area (Å²) in [6.07, 6.45) is 0.671. The van der Waals surface area contributed by atoms with Crippen LogP contribution in [0.2, 0.25) is 0 Å². The zero-order chi connectivity index (χ0) is 21.8. The Morgan fingerprint density at radius 1 is 0.645 bits per heavy atom. The summed E-state index contributed by atoms with van der Waals surface area (Å²) in [5, 5.41) is 22.4. The lowest BCUT2D eigenvalue weighted by atomic mass is 10.1. The molecule has 0 bridgehead atoms. The minimum Gasteiger partial charge on any atom is -0.423 e. The van der Waals surface area contributed by atoms with Crippen molar-refractivity contribution in [2.45, 2.75) is 12.8 Å². The summed E-state index contributed by atoms with van der Waals surface area (Å²) >= 11 is -0.724. The maximum Gasteiger partial charge on any atom is 0.442 e. The van der Waals surface area contributed by atoms with E-state index in [2.05, 4.69) is 0 Å². The van der Waals surface area contributed by atoms with Crippen LogP contribution >= 0.6 is 0 Å². The lowest BCUT2D eigenvalue weighted by Crippen LogP contribution is -3.61. The third-order valence-corrected chi connectivity index (χ3v) is 6.77. The quantitative estimate of drug-likeness (QED) is 0.195. The standard InChI is InChI=1S/C22H16IN2O6/c26-24(27)19-7-3-1-5-15(19)13-17-9-11-21(30-17)23-22-12-10-18(31-22)14-16-6-2-4-8-20(16)25(28)29/h1-12H,13-14H2/q+1. The lowest BCUT2D eigenvalue weighted by molar-refractivity contribution is -0.636. The predicted octanol–water partition coefficient (Wildman–Crippen LogP) is 2.00. The number of rotatable bonds is 8. The highest BCUT2D eigenvalue weighted by Gasteiger charge is 2.26. The Labute approximate surface area is 187 Å². The number of para-hydroxylation sites is 2. The van der Waals surface area contributed by atoms with Crippen molar-refractivity contribution in [1.82, 2.24) is 0 Å². The van der Waals surface area contributed by atoms with Crippen molar-refractivity contribution in [3.63, 3.8) is 0 Å². The van der Waals surface area contributed by atoms with Crippen LogP contribution in [0.15, 0.2) is 81.6 Å². The van der Waals surface area contributed by atoms with Gasteiger partial charge in [-0.1, -0.05) is 36.4 Å². The Balaban J connectivity index is 1.44. The Bertz CT molecular complexity index is 1150. The van der Waals surface area contributed by atoms with Gasteiger partial charge in [-0.3, -0.25) is 20.2 Å². The molecule has 0 saturated heterocycles. The highest BCUT2D eigenvalue weighted by atomic mass is 127. The van der Waals surface area contributed by atoms with Crippen molar-refractivity contribution in [2.75, 3.05) is 0 Å². The number of nitrogens with zero attached hydrogens (tertiary/aromatic N) is 2. The van der Waals surface area contributed by atoms with Crippen LogP contribution in [0.1, 0.15) is 22.6 Å². The minimum atomic E-state index is -0.724. The molecule has 0 fully saturated rings. The van der Waals surface area contributed by atoms with E-state index in [1.165, 1.54) is 12.1 Å². The van der Waals surface area contributed by atoms with Gasteiger partial charge in [0.1, 0.15) is 11.5 Å². The molecule has 0 radical (unpaired) electrons. The fraction of sp³-hybridized carbons (Fsp3) is 0.0909. The zero-order valence-corrected chi connectivity index (χ0v) is 18.2. The summed E-state index contributed by atoms with van der Waals surface area (Å²) in [6, 6.07) is 20.6. The van der Waals surface area contributed by atoms with Gasteiger partial charge in [-0.05, 0) is 12.1 Å². The maximum absolute atomic E-state index is 11.2. The van der Waals surface area contributed by atoms with Crippen molar-refractivity contribution in [3.05, 3.63) is 123 Å². The van der Waals surface area contributed by atoms with Crippen molar-refractivity contribution >= 4 is 11.4 Å². The SMILES string of the molecule is O=[N+]([O-])c1ccccc1Cc1ccc([I+]c2ccc(Cc3ccccc3[N+](=O)[O-])o2)o1. The summed E-state index contributed by atoms with van der Waals surface area (Å²) in [5.41, 5.74) is 1.33. The Kier molecular flexibility index (Phi) is 6.12. The van der Waals surface area contributed by atoms with Crippen LogP contribution in [-0.2, 0) is 12.8 Å². The van der Waals surface area contributed by atoms with E-state index in [4.69, 9.17) is 8.83 Å². The molecular weight excluding hydrogens is 515 g/mol. The molecule has 4 aromatic rings. The van der Waals surface area contributed by atoms with Crippen molar-refractivity contribution in [3.8, 4) is 0 Å². The molecule has 31 heavy (non-hydrogen) atoms. The first kappa shape index (κ1) is 20.8. The van der Waals surface area contributed by atoms with Gasteiger partial charge in [0.15, 0.2) is 0 Å². The fourth-order valence-electron chi connectivity index (χ4n) is 3.14. The third-order valence-electron chi connectivity index (χ3n) is 4.55. The van der Waals surface area contributed by atoms with E-state index in [0.29, 0.717) is 35.5 Å². The molecule has 8 nitrogen and oxygen atoms in total. The molecule has 4 rings (SSSR count). The summed E-state index contributed by atoms with van der Waals surface area (Å²) in [6.45, 7) is 0. The second-order valence-corrected chi connectivity index (χ2v) is 9.30. The van der Waals surface area contributed by atoms with E-state index >= 15 is 0 Å². The summed E-state index contributed by atoms with van der Waals surface area (Å²) in [4.78, 5) is 21.6. The van der Waals surface area contributed by atoms with Gasteiger partial charge in [-0.25, -0.2) is 0 Å². The number of nitro groups is 2. The van der Waals surface area contributed by atoms with Crippen molar-refractivity contribution in [1.29, 1.82) is 0 Å². The third kappa shape index (κ3) is 5.00. The Hall–Kier alpha value is -3.47. The number of benzene rings is 2. The van der Waals surface area contributed by atoms with Gasteiger partial charge in [0.05, 0.1) is 9.85 Å². The molecule has 0 atom stereocenters. The van der Waals surface area contributed by atoms with Gasteiger partial charge < -0.3 is 8.83 Å². The molecule has 0 aliphatic rings. The molecule has 9 heteroatoms. The van der Waals surface area contributed by atoms with Crippen LogP contribution in [-0.4, -0.2) is 9.85 Å². The molecule has 0 aliphatic carbocycles. The molecule has 0 N–H and O–H groups in total. The van der Waals surface area contributed by atoms with Gasteiger partial charge in [0.25, 0.3) is 11.4 Å². The van der Waals surface area contributed by atoms with Crippen molar-refractivity contribution < 1.29 is 39.9 Å². The number of hydrogen-bond acceptors (Lipinski definition) is 6. The fourth-order valence-corrected chi connectivity index (χ4v) is 5.17. The lowest BCUT2D eigenvalue weighted by Gasteiger charge is -1.99. The molecule has 0 spiro atoms. The van der Waals surface area contributed by atoms with Crippen LogP contribution in [0.3, 0.4) is 0 Å². The zero-order valence-electron chi connectivity index (χ0n) is 16.1. The second-order valence-electron chi connectivity index (χ2n) is 6.63. The van der Waals surface area contributed by atoms with Gasteiger partial charge in [0, 0.05) is 48.2 Å². The van der Waals surface area contributed by atoms with Crippen LogP contribution in [0.4, 0.5) is 11.4 Å². The monoisotopic (exact) mass is 531 g/mol. The molecule has 0 aliphatic heterocycles. The average Bonchev–Trinajstić information content (AvgIpc) is 3.38. The first-order valence-electron chi connectivity index (χ1n) is 9.26. The van der Waals surface area contributed by atoms with E-state index in [-0.39, 0.29) is 11.4 Å². The topological polar surface area (TPSA) is 113 Å². The van der Waals surface area contributed by atoms with Crippen LogP contribution < -0.4 is 21.2 Å². The number of furan rings is 2. The maximum atomic E-state index is 11.2. The highest BCUT2D eigenvalue weighted by Crippen LogP contribution is 2.22. The molecule has 156 valence electrons. The van der Waals surface area contributed by atoms with Gasteiger partial charge in [-0.15, -0.1) is 0 Å². The van der Waals surface area contributed by atoms with E-state index in [1.54, 1.807) is 36.4 Å². The minimum absolute atomic E-state index is 0.0702. The summed E-state index contributed by atoms with van der Waals surface area (Å²) in [5.74, 6) is 1.30. The van der Waals surface area contributed by atoms with Gasteiger partial charge in [0.2, 0.25) is 0 Å². The summed E-state index contributed by atoms with van der Waals surface area (Å²) < 4.78 is 13.3. The highest BCUT2D eigenvalue weighted by molar-refractivity contribution is 5.42. The van der Waals surface area contributed by atoms with E-state index in [9.17, 15) is 20.2 Å². The van der Waals surface area contributed by atoms with E-state index < -0.39 is 31.1 Å². The Morgan fingerprint density at radius 2 is 1.06 bits per heavy atom. The van der Waals surface area contributed by atoms with Crippen LogP contribution in [0.5, 0.6) is 0 Å². The van der Waals surface area contributed by atoms with Gasteiger partial charge in [-0.2, -0.15) is 0 Å². The van der Waals surface area contributed by atoms with E-state index in [1.807, 2.05) is 24.3 Å². The second kappa shape index (κ2) is 9.13. The smallest absolute Gasteiger partial charge is 0.423 e. The predicted molar refractivity (Wildman–Crippen MR) is 107 cm³/mol. The normalized spacial score (nSPS) is 10.8. The molecule has 0 unspecified atom stereocenters. The van der Waals surface area contributed by atoms with Crippen LogP contribution in [0, 0.1) is 27.8 Å². The number of nitro benzene ring substituents is 2. The van der Waals surface area contributed by atoms with Gasteiger partial charge >= 0.3 is 28.7 Å². The first-order valence-corrected chi connectivity index (χ1v) is 11.4. The number of hydrogen-bond donors (Lipinski definition) is 0. The van der Waals surface area contributed by atoms with Crippen molar-refractivity contribution in [2.24, 2.45) is 0 Å². The molecule has 2 aromatic carbocycles. The molecular formula is C22H16IN2O6+. The molecule has 0 saturated carbocycles. The number of halogens is 1. The first-order chi connectivity index (χ1) is 15.0. The summed E-state index contributed by atoms with van der Waals surface area (Å²) in [7, 11) is 0. The van der Waals surface area contributed by atoms with E-state index in [0.717, 1.165) is 7.53 Å².